The number of thiocarbonyl (C=S) groups is 1. The molecule has 1 saturated heterocycles. The molecule has 1 aromatic heterocycles. The van der Waals surface area contributed by atoms with Crippen LogP contribution in [0.5, 0.6) is 0 Å². The number of aryl methyl sites for hydroxylation is 1. The summed E-state index contributed by atoms with van der Waals surface area (Å²) in [5, 5.41) is 12.1. The van der Waals surface area contributed by atoms with Gasteiger partial charge < -0.3 is 0 Å². The number of benzene rings is 2. The second-order valence-electron chi connectivity index (χ2n) is 7.02. The summed E-state index contributed by atoms with van der Waals surface area (Å²) in [6.07, 6.45) is 1.05. The van der Waals surface area contributed by atoms with Crippen molar-refractivity contribution < 1.29 is 9.59 Å². The van der Waals surface area contributed by atoms with Crippen LogP contribution in [0, 0.1) is 0 Å². The van der Waals surface area contributed by atoms with Gasteiger partial charge in [0.25, 0.3) is 11.8 Å². The third-order valence-electron chi connectivity index (χ3n) is 4.79. The number of anilines is 1. The molecule has 0 saturated carbocycles. The maximum absolute atomic E-state index is 13.3. The number of nitrogens with one attached hydrogen (secondary N) is 1. The molecule has 0 aliphatic carbocycles. The third kappa shape index (κ3) is 5.12. The first-order valence-corrected chi connectivity index (χ1v) is 12.1. The van der Waals surface area contributed by atoms with E-state index in [1.54, 1.807) is 4.90 Å². The topological polar surface area (TPSA) is 75.2 Å². The number of thioether (sulfide) groups is 1. The summed E-state index contributed by atoms with van der Waals surface area (Å²) < 4.78 is 0.441. The highest BCUT2D eigenvalue weighted by molar-refractivity contribution is 8.26. The number of hydrogen-bond acceptors (Lipinski definition) is 7. The second kappa shape index (κ2) is 10.2. The monoisotopic (exact) mass is 480 g/mol. The number of hydrogen-bond donors (Lipinski definition) is 1. The van der Waals surface area contributed by atoms with Crippen molar-refractivity contribution in [2.45, 2.75) is 26.3 Å². The molecule has 1 fully saturated rings. The maximum Gasteiger partial charge on any atom is 0.266 e. The predicted octanol–water partition coefficient (Wildman–Crippen LogP) is 4.60. The summed E-state index contributed by atoms with van der Waals surface area (Å²) in [7, 11) is 0. The lowest BCUT2D eigenvalue weighted by molar-refractivity contribution is -0.123. The minimum absolute atomic E-state index is 0.253. The molecule has 162 valence electrons. The first kappa shape index (κ1) is 22.3. The number of aromatic nitrogens is 2. The Morgan fingerprint density at radius 1 is 1.03 bits per heavy atom. The smallest absolute Gasteiger partial charge is 0.266 e. The molecule has 0 unspecified atom stereocenters. The quantitative estimate of drug-likeness (QED) is 0.394. The van der Waals surface area contributed by atoms with E-state index >= 15 is 0 Å². The largest absolute Gasteiger partial charge is 0.297 e. The second-order valence-corrected chi connectivity index (χ2v) is 9.73. The molecule has 32 heavy (non-hydrogen) atoms. The molecule has 1 aliphatic rings. The van der Waals surface area contributed by atoms with Crippen molar-refractivity contribution in [3.8, 4) is 0 Å². The Labute approximate surface area is 199 Å². The summed E-state index contributed by atoms with van der Waals surface area (Å²) in [5.41, 5.74) is 2.27. The summed E-state index contributed by atoms with van der Waals surface area (Å²) in [6.45, 7) is 2.34. The van der Waals surface area contributed by atoms with Gasteiger partial charge in [-0.15, -0.1) is 10.2 Å². The first-order chi connectivity index (χ1) is 15.5. The van der Waals surface area contributed by atoms with Gasteiger partial charge in [0, 0.05) is 12.0 Å². The Kier molecular flexibility index (Phi) is 7.09. The fraction of sp³-hybridized carbons (Fsp3) is 0.174. The average Bonchev–Trinajstić information content (AvgIpc) is 3.38. The fourth-order valence-corrected chi connectivity index (χ4v) is 5.16. The molecular formula is C23H20N4O2S3. The normalized spacial score (nSPS) is 15.2. The SMILES string of the molecule is CCc1nnc(NC(=O)/C(Cc2ccccc2)=C2/SC(=S)N(Cc3ccccc3)C2=O)s1. The van der Waals surface area contributed by atoms with Crippen molar-refractivity contribution in [1.29, 1.82) is 0 Å². The van der Waals surface area contributed by atoms with Crippen molar-refractivity contribution in [1.82, 2.24) is 15.1 Å². The van der Waals surface area contributed by atoms with Gasteiger partial charge in [-0.25, -0.2) is 0 Å². The van der Waals surface area contributed by atoms with E-state index in [9.17, 15) is 9.59 Å². The van der Waals surface area contributed by atoms with Crippen LogP contribution >= 0.6 is 35.3 Å². The van der Waals surface area contributed by atoms with Gasteiger partial charge in [-0.2, -0.15) is 0 Å². The molecular weight excluding hydrogens is 460 g/mol. The van der Waals surface area contributed by atoms with Crippen molar-refractivity contribution in [3.63, 3.8) is 0 Å². The van der Waals surface area contributed by atoms with Gasteiger partial charge in [0.2, 0.25) is 5.13 Å². The zero-order valence-electron chi connectivity index (χ0n) is 17.3. The Hall–Kier alpha value is -2.88. The lowest BCUT2D eigenvalue weighted by Crippen LogP contribution is -2.28. The van der Waals surface area contributed by atoms with Crippen molar-refractivity contribution in [2.75, 3.05) is 5.32 Å². The van der Waals surface area contributed by atoms with Crippen molar-refractivity contribution >= 4 is 56.6 Å². The molecule has 0 atom stereocenters. The van der Waals surface area contributed by atoms with E-state index in [2.05, 4.69) is 15.5 Å². The highest BCUT2D eigenvalue weighted by atomic mass is 32.2. The van der Waals surface area contributed by atoms with Gasteiger partial charge in [-0.05, 0) is 17.5 Å². The molecule has 4 rings (SSSR count). The van der Waals surface area contributed by atoms with Crippen LogP contribution in [-0.2, 0) is 29.0 Å². The Morgan fingerprint density at radius 2 is 1.69 bits per heavy atom. The standard InChI is InChI=1S/C23H20N4O2S3/c1-2-18-25-26-22(31-18)24-20(28)17(13-15-9-5-3-6-10-15)19-21(29)27(23(30)32-19)14-16-11-7-4-8-12-16/h3-12H,2,13-14H2,1H3,(H,24,26,28)/b19-17+. The Morgan fingerprint density at radius 3 is 2.31 bits per heavy atom. The van der Waals surface area contributed by atoms with Crippen LogP contribution in [0.2, 0.25) is 0 Å². The minimum atomic E-state index is -0.368. The van der Waals surface area contributed by atoms with Gasteiger partial charge in [0.05, 0.1) is 11.4 Å². The van der Waals surface area contributed by atoms with E-state index < -0.39 is 0 Å². The van der Waals surface area contributed by atoms with Gasteiger partial charge in [0.15, 0.2) is 0 Å². The fourth-order valence-electron chi connectivity index (χ4n) is 3.17. The molecule has 0 bridgehead atoms. The van der Waals surface area contributed by atoms with E-state index in [-0.39, 0.29) is 11.8 Å². The lowest BCUT2D eigenvalue weighted by Gasteiger charge is -2.15. The number of nitrogens with zero attached hydrogens (tertiary/aromatic N) is 3. The molecule has 3 aromatic rings. The van der Waals surface area contributed by atoms with Crippen LogP contribution < -0.4 is 5.32 Å². The summed E-state index contributed by atoms with van der Waals surface area (Å²) in [6, 6.07) is 19.2. The molecule has 6 nitrogen and oxygen atoms in total. The number of carbonyl (C=O) groups excluding carboxylic acids is 2. The van der Waals surface area contributed by atoms with Crippen LogP contribution in [-0.4, -0.2) is 31.2 Å². The zero-order chi connectivity index (χ0) is 22.5. The van der Waals surface area contributed by atoms with E-state index in [4.69, 9.17) is 12.2 Å². The molecule has 2 heterocycles. The highest BCUT2D eigenvalue weighted by Crippen LogP contribution is 2.36. The van der Waals surface area contributed by atoms with E-state index in [0.717, 1.165) is 22.6 Å². The van der Waals surface area contributed by atoms with Crippen LogP contribution in [0.25, 0.3) is 0 Å². The van der Waals surface area contributed by atoms with Gasteiger partial charge in [-0.3, -0.25) is 19.8 Å². The van der Waals surface area contributed by atoms with Crippen molar-refractivity contribution in [3.05, 3.63) is 87.3 Å². The molecule has 0 radical (unpaired) electrons. The van der Waals surface area contributed by atoms with Gasteiger partial charge in [-0.1, -0.05) is 103 Å². The van der Waals surface area contributed by atoms with E-state index in [0.29, 0.717) is 32.9 Å². The van der Waals surface area contributed by atoms with Crippen LogP contribution in [0.3, 0.4) is 0 Å². The highest BCUT2D eigenvalue weighted by Gasteiger charge is 2.36. The molecule has 1 N–H and O–H groups in total. The number of amides is 2. The molecule has 2 aromatic carbocycles. The Balaban J connectivity index is 1.65. The molecule has 9 heteroatoms. The van der Waals surface area contributed by atoms with Crippen LogP contribution in [0.1, 0.15) is 23.1 Å². The zero-order valence-corrected chi connectivity index (χ0v) is 19.7. The van der Waals surface area contributed by atoms with E-state index in [1.165, 1.54) is 23.1 Å². The lowest BCUT2D eigenvalue weighted by atomic mass is 10.0. The predicted molar refractivity (Wildman–Crippen MR) is 132 cm³/mol. The third-order valence-corrected chi connectivity index (χ3v) is 7.27. The average molecular weight is 481 g/mol. The maximum atomic E-state index is 13.3. The molecule has 2 amide bonds. The summed E-state index contributed by atoms with van der Waals surface area (Å²) in [5.74, 6) is -0.621. The van der Waals surface area contributed by atoms with Gasteiger partial charge in [0.1, 0.15) is 9.33 Å². The van der Waals surface area contributed by atoms with Gasteiger partial charge >= 0.3 is 0 Å². The van der Waals surface area contributed by atoms with E-state index in [1.807, 2.05) is 67.6 Å². The van der Waals surface area contributed by atoms with Crippen LogP contribution in [0.4, 0.5) is 5.13 Å². The summed E-state index contributed by atoms with van der Waals surface area (Å²) in [4.78, 5) is 28.5. The minimum Gasteiger partial charge on any atom is -0.297 e. The number of carbonyl (C=O) groups is 2. The first-order valence-electron chi connectivity index (χ1n) is 10.0. The number of rotatable bonds is 7. The van der Waals surface area contributed by atoms with Crippen LogP contribution in [0.15, 0.2) is 71.1 Å². The van der Waals surface area contributed by atoms with Crippen molar-refractivity contribution in [2.24, 2.45) is 0 Å². The Bertz CT molecular complexity index is 1180. The molecule has 0 spiro atoms. The molecule has 1 aliphatic heterocycles. The summed E-state index contributed by atoms with van der Waals surface area (Å²) >= 11 is 7.99.